The fourth-order valence-electron chi connectivity index (χ4n) is 3.04. The Morgan fingerprint density at radius 1 is 1.20 bits per heavy atom. The van der Waals surface area contributed by atoms with Crippen LogP contribution in [-0.2, 0) is 9.59 Å². The second kappa shape index (κ2) is 7.72. The minimum atomic E-state index is -0.546. The molecule has 1 amide bonds. The molecule has 1 aliphatic rings. The van der Waals surface area contributed by atoms with Gasteiger partial charge in [-0.15, -0.1) is 0 Å². The molecule has 1 heterocycles. The summed E-state index contributed by atoms with van der Waals surface area (Å²) in [6.45, 7) is 9.88. The number of rotatable bonds is 7. The monoisotopic (exact) mass is 345 g/mol. The van der Waals surface area contributed by atoms with E-state index >= 15 is 0 Å². The van der Waals surface area contributed by atoms with Crippen molar-refractivity contribution in [2.45, 2.75) is 53.2 Å². The number of Topliss-reactive ketones (excluding diaryl/α,β-unsaturated/α-hetero) is 1. The van der Waals surface area contributed by atoms with Crippen molar-refractivity contribution in [3.8, 4) is 5.75 Å². The van der Waals surface area contributed by atoms with Crippen molar-refractivity contribution in [2.24, 2.45) is 5.92 Å². The van der Waals surface area contributed by atoms with Gasteiger partial charge in [-0.05, 0) is 38.0 Å². The number of ketones is 1. The van der Waals surface area contributed by atoms with Gasteiger partial charge in [-0.1, -0.05) is 32.9 Å². The number of carbonyl (C=O) groups excluding carboxylic acids is 2. The molecule has 1 unspecified atom stereocenters. The van der Waals surface area contributed by atoms with Crippen molar-refractivity contribution in [3.63, 3.8) is 0 Å². The maximum Gasteiger partial charge on any atom is 0.290 e. The maximum atomic E-state index is 12.6. The summed E-state index contributed by atoms with van der Waals surface area (Å²) in [6, 6.07) is 6.82. The Bertz CT molecular complexity index is 673. The van der Waals surface area contributed by atoms with Gasteiger partial charge in [0.05, 0.1) is 17.7 Å². The smallest absolute Gasteiger partial charge is 0.290 e. The lowest BCUT2D eigenvalue weighted by atomic mass is 9.91. The lowest BCUT2D eigenvalue weighted by Gasteiger charge is -2.27. The van der Waals surface area contributed by atoms with Gasteiger partial charge < -0.3 is 14.7 Å². The van der Waals surface area contributed by atoms with E-state index in [0.29, 0.717) is 6.54 Å². The number of carbonyl (C=O) groups is 2. The summed E-state index contributed by atoms with van der Waals surface area (Å²) in [4.78, 5) is 26.7. The SMILES string of the molecule is CCCN1C(=O)C(O)=C(C(=O)C(C)C)C1c1ccc(OC(C)C)cc1. The Balaban J connectivity index is 2.44. The second-order valence-corrected chi connectivity index (χ2v) is 6.92. The number of hydrogen-bond donors (Lipinski definition) is 1. The fourth-order valence-corrected chi connectivity index (χ4v) is 3.04. The molecular weight excluding hydrogens is 318 g/mol. The first-order chi connectivity index (χ1) is 11.8. The molecule has 25 heavy (non-hydrogen) atoms. The molecule has 136 valence electrons. The average Bonchev–Trinajstić information content (AvgIpc) is 2.79. The van der Waals surface area contributed by atoms with E-state index in [1.807, 2.05) is 45.0 Å². The molecule has 1 atom stereocenters. The lowest BCUT2D eigenvalue weighted by Crippen LogP contribution is -2.32. The molecule has 5 heteroatoms. The molecule has 1 aliphatic heterocycles. The largest absolute Gasteiger partial charge is 0.503 e. The van der Waals surface area contributed by atoms with Gasteiger partial charge in [0.15, 0.2) is 11.5 Å². The highest BCUT2D eigenvalue weighted by molar-refractivity contribution is 6.09. The number of amides is 1. The number of hydrogen-bond acceptors (Lipinski definition) is 4. The second-order valence-electron chi connectivity index (χ2n) is 6.92. The molecule has 0 radical (unpaired) electrons. The van der Waals surface area contributed by atoms with Crippen LogP contribution in [0.1, 0.15) is 52.6 Å². The van der Waals surface area contributed by atoms with Crippen LogP contribution >= 0.6 is 0 Å². The van der Waals surface area contributed by atoms with Crippen molar-refractivity contribution in [2.75, 3.05) is 6.54 Å². The van der Waals surface area contributed by atoms with Crippen molar-refractivity contribution in [1.29, 1.82) is 0 Å². The zero-order chi connectivity index (χ0) is 18.7. The third-order valence-electron chi connectivity index (χ3n) is 4.13. The minimum absolute atomic E-state index is 0.0671. The van der Waals surface area contributed by atoms with Crippen LogP contribution in [0.25, 0.3) is 0 Å². The number of aliphatic hydroxyl groups is 1. The quantitative estimate of drug-likeness (QED) is 0.816. The summed E-state index contributed by atoms with van der Waals surface area (Å²) in [7, 11) is 0. The number of benzene rings is 1. The van der Waals surface area contributed by atoms with Crippen LogP contribution in [0.15, 0.2) is 35.6 Å². The van der Waals surface area contributed by atoms with Crippen molar-refractivity contribution < 1.29 is 19.4 Å². The summed E-state index contributed by atoms with van der Waals surface area (Å²) < 4.78 is 5.65. The van der Waals surface area contributed by atoms with Gasteiger partial charge >= 0.3 is 0 Å². The van der Waals surface area contributed by atoms with E-state index in [9.17, 15) is 14.7 Å². The van der Waals surface area contributed by atoms with Crippen LogP contribution in [0.4, 0.5) is 0 Å². The normalized spacial score (nSPS) is 17.8. The first-order valence-corrected chi connectivity index (χ1v) is 8.82. The van der Waals surface area contributed by atoms with Crippen molar-refractivity contribution >= 4 is 11.7 Å². The molecule has 2 rings (SSSR count). The highest BCUT2D eigenvalue weighted by Crippen LogP contribution is 2.39. The highest BCUT2D eigenvalue weighted by Gasteiger charge is 2.43. The van der Waals surface area contributed by atoms with Gasteiger partial charge in [-0.2, -0.15) is 0 Å². The van der Waals surface area contributed by atoms with Gasteiger partial charge in [-0.25, -0.2) is 0 Å². The molecule has 1 N–H and O–H groups in total. The van der Waals surface area contributed by atoms with E-state index in [-0.39, 0.29) is 23.4 Å². The first kappa shape index (κ1) is 19.0. The Hall–Kier alpha value is -2.30. The van der Waals surface area contributed by atoms with Crippen LogP contribution in [0.3, 0.4) is 0 Å². The van der Waals surface area contributed by atoms with E-state index in [1.165, 1.54) is 0 Å². The summed E-state index contributed by atoms with van der Waals surface area (Å²) in [5.74, 6) is -0.650. The van der Waals surface area contributed by atoms with Crippen LogP contribution in [-0.4, -0.2) is 34.3 Å². The molecular formula is C20H27NO4. The number of aliphatic hydroxyl groups excluding tert-OH is 1. The standard InChI is InChI=1S/C20H27NO4/c1-6-11-21-17(14-7-9-15(10-8-14)25-13(4)5)16(18(22)12(2)3)19(23)20(21)24/h7-10,12-13,17,23H,6,11H2,1-5H3. The van der Waals surface area contributed by atoms with E-state index in [1.54, 1.807) is 18.7 Å². The summed E-state index contributed by atoms with van der Waals surface area (Å²) in [5, 5.41) is 10.3. The summed E-state index contributed by atoms with van der Waals surface area (Å²) in [6.07, 6.45) is 0.810. The predicted octanol–water partition coefficient (Wildman–Crippen LogP) is 3.80. The van der Waals surface area contributed by atoms with Gasteiger partial charge in [-0.3, -0.25) is 9.59 Å². The third kappa shape index (κ3) is 3.86. The van der Waals surface area contributed by atoms with E-state index < -0.39 is 17.7 Å². The lowest BCUT2D eigenvalue weighted by molar-refractivity contribution is -0.129. The zero-order valence-corrected chi connectivity index (χ0v) is 15.6. The van der Waals surface area contributed by atoms with Crippen LogP contribution in [0.2, 0.25) is 0 Å². The molecule has 1 aromatic carbocycles. The third-order valence-corrected chi connectivity index (χ3v) is 4.13. The Morgan fingerprint density at radius 3 is 2.28 bits per heavy atom. The summed E-state index contributed by atoms with van der Waals surface area (Å²) in [5.41, 5.74) is 0.997. The average molecular weight is 345 g/mol. The number of nitrogens with zero attached hydrogens (tertiary/aromatic N) is 1. The molecule has 0 bridgehead atoms. The van der Waals surface area contributed by atoms with Gasteiger partial charge in [0.25, 0.3) is 5.91 Å². The van der Waals surface area contributed by atoms with Crippen molar-refractivity contribution in [1.82, 2.24) is 4.90 Å². The number of ether oxygens (including phenoxy) is 1. The summed E-state index contributed by atoms with van der Waals surface area (Å²) >= 11 is 0. The Morgan fingerprint density at radius 2 is 1.80 bits per heavy atom. The molecule has 0 saturated carbocycles. The molecule has 1 aromatic rings. The topological polar surface area (TPSA) is 66.8 Å². The Labute approximate surface area is 149 Å². The Kier molecular flexibility index (Phi) is 5.88. The maximum absolute atomic E-state index is 12.6. The van der Waals surface area contributed by atoms with Crippen LogP contribution in [0.5, 0.6) is 5.75 Å². The van der Waals surface area contributed by atoms with Crippen LogP contribution < -0.4 is 4.74 Å². The van der Waals surface area contributed by atoms with E-state index in [4.69, 9.17) is 4.74 Å². The van der Waals surface area contributed by atoms with E-state index in [2.05, 4.69) is 0 Å². The molecule has 5 nitrogen and oxygen atoms in total. The molecule has 0 spiro atoms. The molecule has 0 fully saturated rings. The van der Waals surface area contributed by atoms with Crippen molar-refractivity contribution in [3.05, 3.63) is 41.2 Å². The van der Waals surface area contributed by atoms with Crippen LogP contribution in [0, 0.1) is 5.92 Å². The molecule has 0 saturated heterocycles. The zero-order valence-electron chi connectivity index (χ0n) is 15.6. The predicted molar refractivity (Wildman–Crippen MR) is 96.5 cm³/mol. The minimum Gasteiger partial charge on any atom is -0.503 e. The molecule has 0 aromatic heterocycles. The van der Waals surface area contributed by atoms with Gasteiger partial charge in [0, 0.05) is 12.5 Å². The highest BCUT2D eigenvalue weighted by atomic mass is 16.5. The fraction of sp³-hybridized carbons (Fsp3) is 0.500. The first-order valence-electron chi connectivity index (χ1n) is 8.82. The van der Waals surface area contributed by atoms with Gasteiger partial charge in [0.2, 0.25) is 0 Å². The molecule has 0 aliphatic carbocycles. The van der Waals surface area contributed by atoms with Gasteiger partial charge in [0.1, 0.15) is 5.75 Å². The van der Waals surface area contributed by atoms with E-state index in [0.717, 1.165) is 17.7 Å².